The number of rotatable bonds is 3. The van der Waals surface area contributed by atoms with Gasteiger partial charge in [0.15, 0.2) is 0 Å². The third-order valence-corrected chi connectivity index (χ3v) is 2.43. The quantitative estimate of drug-likeness (QED) is 0.548. The van der Waals surface area contributed by atoms with Gasteiger partial charge in [-0.3, -0.25) is 4.79 Å². The Morgan fingerprint density at radius 2 is 2.38 bits per heavy atom. The molecule has 0 aliphatic carbocycles. The van der Waals surface area contributed by atoms with Crippen molar-refractivity contribution >= 4 is 5.91 Å². The van der Waals surface area contributed by atoms with E-state index in [9.17, 15) is 4.79 Å². The van der Waals surface area contributed by atoms with Crippen LogP contribution >= 0.6 is 0 Å². The van der Waals surface area contributed by atoms with Gasteiger partial charge in [-0.2, -0.15) is 0 Å². The molecule has 4 heteroatoms. The van der Waals surface area contributed by atoms with Gasteiger partial charge >= 0.3 is 0 Å². The molecule has 3 atom stereocenters. The van der Waals surface area contributed by atoms with E-state index in [2.05, 4.69) is 17.6 Å². The highest BCUT2D eigenvalue weighted by molar-refractivity contribution is 5.79. The highest BCUT2D eigenvalue weighted by Gasteiger charge is 2.29. The molecule has 1 amide bonds. The second kappa shape index (κ2) is 4.58. The van der Waals surface area contributed by atoms with E-state index in [1.54, 1.807) is 6.92 Å². The molecule has 1 aliphatic rings. The summed E-state index contributed by atoms with van der Waals surface area (Å²) in [6, 6.07) is 0. The Bertz CT molecular complexity index is 182. The van der Waals surface area contributed by atoms with Crippen molar-refractivity contribution in [2.45, 2.75) is 20.0 Å². The van der Waals surface area contributed by atoms with E-state index >= 15 is 0 Å². The summed E-state index contributed by atoms with van der Waals surface area (Å²) < 4.78 is 0. The zero-order chi connectivity index (χ0) is 9.84. The average Bonchev–Trinajstić information content (AvgIpc) is 2.47. The van der Waals surface area contributed by atoms with Crippen molar-refractivity contribution in [3.8, 4) is 0 Å². The summed E-state index contributed by atoms with van der Waals surface area (Å²) in [6.45, 7) is 5.74. The van der Waals surface area contributed by atoms with Crippen molar-refractivity contribution < 1.29 is 9.90 Å². The Hall–Kier alpha value is -0.610. The molecule has 1 rings (SSSR count). The topological polar surface area (TPSA) is 61.4 Å². The summed E-state index contributed by atoms with van der Waals surface area (Å²) in [4.78, 5) is 11.5. The molecule has 0 aromatic heterocycles. The molecule has 0 saturated carbocycles. The van der Waals surface area contributed by atoms with Crippen LogP contribution in [0.3, 0.4) is 0 Å². The van der Waals surface area contributed by atoms with E-state index in [1.165, 1.54) is 0 Å². The van der Waals surface area contributed by atoms with Crippen LogP contribution in [0.5, 0.6) is 0 Å². The van der Waals surface area contributed by atoms with Crippen molar-refractivity contribution in [3.05, 3.63) is 0 Å². The molecule has 3 N–H and O–H groups in total. The van der Waals surface area contributed by atoms with Crippen LogP contribution in [-0.2, 0) is 4.79 Å². The van der Waals surface area contributed by atoms with Crippen LogP contribution in [0.4, 0.5) is 0 Å². The first-order chi connectivity index (χ1) is 6.11. The number of hydrogen-bond acceptors (Lipinski definition) is 3. The molecule has 13 heavy (non-hydrogen) atoms. The van der Waals surface area contributed by atoms with Crippen molar-refractivity contribution in [1.82, 2.24) is 10.6 Å². The van der Waals surface area contributed by atoms with Crippen LogP contribution in [0.25, 0.3) is 0 Å². The molecule has 0 radical (unpaired) electrons. The largest absolute Gasteiger partial charge is 0.392 e. The molecule has 1 heterocycles. The lowest BCUT2D eigenvalue weighted by Gasteiger charge is -2.14. The summed E-state index contributed by atoms with van der Waals surface area (Å²) in [5, 5.41) is 14.9. The van der Waals surface area contributed by atoms with Gasteiger partial charge in [-0.1, -0.05) is 6.92 Å². The van der Waals surface area contributed by atoms with E-state index in [1.807, 2.05) is 0 Å². The van der Waals surface area contributed by atoms with Crippen molar-refractivity contribution in [1.29, 1.82) is 0 Å². The minimum atomic E-state index is -0.464. The van der Waals surface area contributed by atoms with Crippen LogP contribution in [0, 0.1) is 11.8 Å². The van der Waals surface area contributed by atoms with Gasteiger partial charge in [-0.05, 0) is 19.4 Å². The average molecular weight is 186 g/mol. The van der Waals surface area contributed by atoms with Crippen LogP contribution < -0.4 is 10.6 Å². The van der Waals surface area contributed by atoms with Crippen LogP contribution in [0.2, 0.25) is 0 Å². The van der Waals surface area contributed by atoms with Gasteiger partial charge < -0.3 is 15.7 Å². The second-order valence-corrected chi connectivity index (χ2v) is 3.84. The van der Waals surface area contributed by atoms with E-state index in [0.29, 0.717) is 12.5 Å². The predicted octanol–water partition coefficient (Wildman–Crippen LogP) is -0.661. The zero-order valence-corrected chi connectivity index (χ0v) is 8.21. The minimum Gasteiger partial charge on any atom is -0.392 e. The van der Waals surface area contributed by atoms with E-state index in [-0.39, 0.29) is 11.8 Å². The van der Waals surface area contributed by atoms with E-state index in [4.69, 9.17) is 5.11 Å². The molecule has 1 aliphatic heterocycles. The fourth-order valence-corrected chi connectivity index (χ4v) is 1.54. The molecule has 0 aromatic carbocycles. The molecular weight excluding hydrogens is 168 g/mol. The lowest BCUT2D eigenvalue weighted by atomic mass is 9.97. The van der Waals surface area contributed by atoms with Gasteiger partial charge in [0.05, 0.1) is 12.0 Å². The summed E-state index contributed by atoms with van der Waals surface area (Å²) in [5.74, 6) is 0.520. The van der Waals surface area contributed by atoms with Gasteiger partial charge in [-0.15, -0.1) is 0 Å². The van der Waals surface area contributed by atoms with Crippen molar-refractivity contribution in [2.75, 3.05) is 19.6 Å². The Morgan fingerprint density at radius 1 is 1.69 bits per heavy atom. The summed E-state index contributed by atoms with van der Waals surface area (Å²) in [6.07, 6.45) is -0.464. The third kappa shape index (κ3) is 2.97. The first-order valence-electron chi connectivity index (χ1n) is 4.77. The van der Waals surface area contributed by atoms with E-state index in [0.717, 1.165) is 13.1 Å². The number of aliphatic hydroxyl groups is 1. The van der Waals surface area contributed by atoms with Crippen molar-refractivity contribution in [2.24, 2.45) is 11.8 Å². The Morgan fingerprint density at radius 3 is 2.85 bits per heavy atom. The third-order valence-electron chi connectivity index (χ3n) is 2.43. The normalized spacial score (nSPS) is 30.1. The summed E-state index contributed by atoms with van der Waals surface area (Å²) in [7, 11) is 0. The van der Waals surface area contributed by atoms with E-state index < -0.39 is 6.10 Å². The first kappa shape index (κ1) is 10.5. The molecule has 76 valence electrons. The van der Waals surface area contributed by atoms with Crippen LogP contribution in [0.15, 0.2) is 0 Å². The highest BCUT2D eigenvalue weighted by atomic mass is 16.3. The molecule has 1 fully saturated rings. The fourth-order valence-electron chi connectivity index (χ4n) is 1.54. The maximum atomic E-state index is 11.5. The number of hydrogen-bond donors (Lipinski definition) is 3. The Labute approximate surface area is 78.7 Å². The zero-order valence-electron chi connectivity index (χ0n) is 8.21. The second-order valence-electron chi connectivity index (χ2n) is 3.84. The smallest absolute Gasteiger partial charge is 0.224 e. The molecule has 2 unspecified atom stereocenters. The minimum absolute atomic E-state index is 0.0541. The number of carbonyl (C=O) groups is 1. The molecule has 0 bridgehead atoms. The molecule has 0 aromatic rings. The monoisotopic (exact) mass is 186 g/mol. The number of carbonyl (C=O) groups excluding carboxylic acids is 1. The predicted molar refractivity (Wildman–Crippen MR) is 50.2 cm³/mol. The Kier molecular flexibility index (Phi) is 3.69. The van der Waals surface area contributed by atoms with Gasteiger partial charge in [0, 0.05) is 13.1 Å². The van der Waals surface area contributed by atoms with Gasteiger partial charge in [0.25, 0.3) is 0 Å². The highest BCUT2D eigenvalue weighted by Crippen LogP contribution is 2.15. The van der Waals surface area contributed by atoms with Gasteiger partial charge in [0.1, 0.15) is 0 Å². The first-order valence-corrected chi connectivity index (χ1v) is 4.77. The molecule has 0 spiro atoms. The number of amides is 1. The van der Waals surface area contributed by atoms with Gasteiger partial charge in [0.2, 0.25) is 5.91 Å². The van der Waals surface area contributed by atoms with Crippen LogP contribution in [-0.4, -0.2) is 36.8 Å². The Balaban J connectivity index is 2.30. The SMILES string of the molecule is CC1CNCC1C(=O)NC[C@@H](C)O. The fraction of sp³-hybridized carbons (Fsp3) is 0.889. The lowest BCUT2D eigenvalue weighted by molar-refractivity contribution is -0.125. The molecule has 1 saturated heterocycles. The standard InChI is InChI=1S/C9H18N2O2/c1-6-3-10-5-8(6)9(13)11-4-7(2)12/h6-8,10,12H,3-5H2,1-2H3,(H,11,13)/t6?,7-,8?/m1/s1. The molecular formula is C9H18N2O2. The number of aliphatic hydroxyl groups excluding tert-OH is 1. The summed E-state index contributed by atoms with van der Waals surface area (Å²) in [5.41, 5.74) is 0. The maximum absolute atomic E-state index is 11.5. The molecule has 4 nitrogen and oxygen atoms in total. The van der Waals surface area contributed by atoms with Crippen LogP contribution in [0.1, 0.15) is 13.8 Å². The van der Waals surface area contributed by atoms with Gasteiger partial charge in [-0.25, -0.2) is 0 Å². The maximum Gasteiger partial charge on any atom is 0.224 e. The summed E-state index contributed by atoms with van der Waals surface area (Å²) >= 11 is 0. The number of nitrogens with one attached hydrogen (secondary N) is 2. The lowest BCUT2D eigenvalue weighted by Crippen LogP contribution is -2.37. The van der Waals surface area contributed by atoms with Crippen molar-refractivity contribution in [3.63, 3.8) is 0 Å².